The summed E-state index contributed by atoms with van der Waals surface area (Å²) in [5.74, 6) is 2.11. The summed E-state index contributed by atoms with van der Waals surface area (Å²) in [6.07, 6.45) is 7.55. The van der Waals surface area contributed by atoms with Crippen LogP contribution >= 0.6 is 0 Å². The van der Waals surface area contributed by atoms with E-state index >= 15 is 0 Å². The summed E-state index contributed by atoms with van der Waals surface area (Å²) in [5, 5.41) is 5.65. The molecule has 0 saturated carbocycles. The van der Waals surface area contributed by atoms with Gasteiger partial charge in [0.1, 0.15) is 11.6 Å². The summed E-state index contributed by atoms with van der Waals surface area (Å²) >= 11 is 0. The van der Waals surface area contributed by atoms with Gasteiger partial charge in [0.25, 0.3) is 0 Å². The first kappa shape index (κ1) is 13.6. The number of hydrogen-bond donors (Lipinski definition) is 2. The minimum atomic E-state index is -0.208. The van der Waals surface area contributed by atoms with Crippen molar-refractivity contribution in [1.82, 2.24) is 19.9 Å². The number of carbonyl (C=O) groups is 1. The third kappa shape index (κ3) is 3.39. The summed E-state index contributed by atoms with van der Waals surface area (Å²) in [5.41, 5.74) is 1.07. The van der Waals surface area contributed by atoms with Gasteiger partial charge in [0.2, 0.25) is 0 Å². The number of hydrogen-bond acceptors (Lipinski definition) is 3. The monoisotopic (exact) mass is 285 g/mol. The van der Waals surface area contributed by atoms with Crippen molar-refractivity contribution in [1.29, 1.82) is 0 Å². The minimum absolute atomic E-state index is 0.208. The number of urea groups is 1. The molecule has 2 N–H and O–H groups in total. The van der Waals surface area contributed by atoms with E-state index in [4.69, 9.17) is 0 Å². The molecule has 6 nitrogen and oxygen atoms in total. The van der Waals surface area contributed by atoms with Crippen molar-refractivity contribution in [2.24, 2.45) is 5.92 Å². The Morgan fingerprint density at radius 2 is 2.33 bits per heavy atom. The molecule has 0 spiro atoms. The molecule has 1 aliphatic rings. The van der Waals surface area contributed by atoms with Crippen LogP contribution in [0.25, 0.3) is 0 Å². The Labute approximate surface area is 123 Å². The van der Waals surface area contributed by atoms with Crippen LogP contribution in [0.2, 0.25) is 0 Å². The van der Waals surface area contributed by atoms with E-state index in [1.54, 1.807) is 12.3 Å². The number of imidazole rings is 1. The first-order valence-electron chi connectivity index (χ1n) is 7.18. The maximum absolute atomic E-state index is 11.9. The molecule has 3 heterocycles. The lowest BCUT2D eigenvalue weighted by Gasteiger charge is -2.23. The molecule has 1 atom stereocenters. The van der Waals surface area contributed by atoms with Gasteiger partial charge >= 0.3 is 6.03 Å². The first-order valence-corrected chi connectivity index (χ1v) is 7.18. The number of aromatic nitrogens is 3. The number of rotatable bonds is 3. The second kappa shape index (κ2) is 5.95. The van der Waals surface area contributed by atoms with Gasteiger partial charge in [-0.25, -0.2) is 14.8 Å². The molecule has 2 amide bonds. The highest BCUT2D eigenvalue weighted by Crippen LogP contribution is 2.18. The van der Waals surface area contributed by atoms with Gasteiger partial charge in [-0.1, -0.05) is 6.07 Å². The summed E-state index contributed by atoms with van der Waals surface area (Å²) in [6, 6.07) is 3.51. The number of aryl methyl sites for hydroxylation is 2. The Balaban J connectivity index is 1.47. The van der Waals surface area contributed by atoms with Gasteiger partial charge in [-0.15, -0.1) is 0 Å². The summed E-state index contributed by atoms with van der Waals surface area (Å²) in [4.78, 5) is 20.3. The van der Waals surface area contributed by atoms with Gasteiger partial charge in [0, 0.05) is 38.1 Å². The van der Waals surface area contributed by atoms with Crippen LogP contribution in [0.1, 0.15) is 17.8 Å². The van der Waals surface area contributed by atoms with E-state index in [0.717, 1.165) is 30.8 Å². The number of nitrogens with zero attached hydrogens (tertiary/aromatic N) is 3. The number of nitrogens with one attached hydrogen (secondary N) is 2. The van der Waals surface area contributed by atoms with E-state index < -0.39 is 0 Å². The van der Waals surface area contributed by atoms with E-state index in [2.05, 4.69) is 25.2 Å². The molecule has 0 radical (unpaired) electrons. The molecule has 3 rings (SSSR count). The van der Waals surface area contributed by atoms with Crippen LogP contribution in [0.3, 0.4) is 0 Å². The van der Waals surface area contributed by atoms with Crippen LogP contribution in [0.15, 0.2) is 30.7 Å². The fourth-order valence-electron chi connectivity index (χ4n) is 2.53. The topological polar surface area (TPSA) is 71.8 Å². The van der Waals surface area contributed by atoms with Crippen molar-refractivity contribution in [2.75, 3.05) is 11.9 Å². The predicted octanol–water partition coefficient (Wildman–Crippen LogP) is 1.97. The third-order valence-electron chi connectivity index (χ3n) is 3.76. The number of fused-ring (bicyclic) bond motifs is 1. The van der Waals surface area contributed by atoms with Gasteiger partial charge in [-0.05, 0) is 30.9 Å². The molecule has 1 aliphatic heterocycles. The van der Waals surface area contributed by atoms with Gasteiger partial charge in [0.15, 0.2) is 0 Å². The minimum Gasteiger partial charge on any atom is -0.338 e. The van der Waals surface area contributed by atoms with Crippen LogP contribution in [0.4, 0.5) is 10.6 Å². The molecule has 2 aromatic rings. The Morgan fingerprint density at radius 3 is 3.14 bits per heavy atom. The fraction of sp³-hybridized carbons (Fsp3) is 0.400. The molecule has 0 bridgehead atoms. The largest absolute Gasteiger partial charge is 0.338 e. The van der Waals surface area contributed by atoms with Gasteiger partial charge in [0.05, 0.1) is 0 Å². The Morgan fingerprint density at radius 1 is 1.43 bits per heavy atom. The lowest BCUT2D eigenvalue weighted by molar-refractivity contribution is 0.248. The Bertz CT molecular complexity index is 619. The normalized spacial score (nSPS) is 17.1. The summed E-state index contributed by atoms with van der Waals surface area (Å²) < 4.78 is 2.17. The van der Waals surface area contributed by atoms with Gasteiger partial charge < -0.3 is 9.88 Å². The van der Waals surface area contributed by atoms with Crippen LogP contribution in [0.5, 0.6) is 0 Å². The van der Waals surface area contributed by atoms with Crippen LogP contribution in [0, 0.1) is 12.8 Å². The summed E-state index contributed by atoms with van der Waals surface area (Å²) in [6.45, 7) is 3.59. The Kier molecular flexibility index (Phi) is 3.85. The highest BCUT2D eigenvalue weighted by molar-refractivity contribution is 5.88. The van der Waals surface area contributed by atoms with E-state index in [0.29, 0.717) is 18.3 Å². The maximum atomic E-state index is 11.9. The van der Waals surface area contributed by atoms with Gasteiger partial charge in [-0.2, -0.15) is 0 Å². The average molecular weight is 285 g/mol. The molecule has 0 aliphatic carbocycles. The van der Waals surface area contributed by atoms with E-state index in [-0.39, 0.29) is 6.03 Å². The van der Waals surface area contributed by atoms with Crippen LogP contribution in [-0.2, 0) is 13.0 Å². The number of pyridine rings is 1. The average Bonchev–Trinajstić information content (AvgIpc) is 2.95. The maximum Gasteiger partial charge on any atom is 0.320 e. The molecular weight excluding hydrogens is 266 g/mol. The van der Waals surface area contributed by atoms with Gasteiger partial charge in [-0.3, -0.25) is 5.32 Å². The number of carbonyl (C=O) groups excluding carboxylic acids is 1. The molecule has 0 saturated heterocycles. The smallest absolute Gasteiger partial charge is 0.320 e. The van der Waals surface area contributed by atoms with Crippen molar-refractivity contribution < 1.29 is 4.79 Å². The standard InChI is InChI=1S/C15H19N5O/c1-11-2-3-13(17-9-11)19-15(21)18-10-12-4-6-20-7-5-16-14(20)8-12/h2-3,5,7,9,12H,4,6,8,10H2,1H3,(H2,17,18,19,21)/t12-/m1/s1. The van der Waals surface area contributed by atoms with Crippen molar-refractivity contribution in [3.63, 3.8) is 0 Å². The van der Waals surface area contributed by atoms with E-state index in [1.807, 2.05) is 25.4 Å². The predicted molar refractivity (Wildman–Crippen MR) is 80.0 cm³/mol. The first-order chi connectivity index (χ1) is 10.2. The number of anilines is 1. The molecule has 0 fully saturated rings. The zero-order valence-electron chi connectivity index (χ0n) is 12.0. The zero-order chi connectivity index (χ0) is 14.7. The van der Waals surface area contributed by atoms with Crippen LogP contribution < -0.4 is 10.6 Å². The molecule has 110 valence electrons. The highest BCUT2D eigenvalue weighted by Gasteiger charge is 2.19. The molecule has 0 aromatic carbocycles. The zero-order valence-corrected chi connectivity index (χ0v) is 12.0. The second-order valence-corrected chi connectivity index (χ2v) is 5.45. The second-order valence-electron chi connectivity index (χ2n) is 5.45. The number of amides is 2. The molecule has 6 heteroatoms. The Hall–Kier alpha value is -2.37. The molecule has 0 unspecified atom stereocenters. The van der Waals surface area contributed by atoms with Crippen molar-refractivity contribution in [3.05, 3.63) is 42.1 Å². The van der Waals surface area contributed by atoms with Crippen molar-refractivity contribution in [2.45, 2.75) is 26.3 Å². The third-order valence-corrected chi connectivity index (χ3v) is 3.76. The molecule has 21 heavy (non-hydrogen) atoms. The molecular formula is C15H19N5O. The lowest BCUT2D eigenvalue weighted by Crippen LogP contribution is -2.35. The SMILES string of the molecule is Cc1ccc(NC(=O)NC[C@@H]2CCn3ccnc3C2)nc1. The summed E-state index contributed by atoms with van der Waals surface area (Å²) in [7, 11) is 0. The highest BCUT2D eigenvalue weighted by atomic mass is 16.2. The van der Waals surface area contributed by atoms with Crippen molar-refractivity contribution >= 4 is 11.8 Å². The van der Waals surface area contributed by atoms with Crippen LogP contribution in [-0.4, -0.2) is 27.1 Å². The van der Waals surface area contributed by atoms with Crippen molar-refractivity contribution in [3.8, 4) is 0 Å². The quantitative estimate of drug-likeness (QED) is 0.905. The van der Waals surface area contributed by atoms with E-state index in [9.17, 15) is 4.79 Å². The van der Waals surface area contributed by atoms with E-state index in [1.165, 1.54) is 0 Å². The lowest BCUT2D eigenvalue weighted by atomic mass is 9.98. The fourth-order valence-corrected chi connectivity index (χ4v) is 2.53. The molecule has 2 aromatic heterocycles.